The second kappa shape index (κ2) is 63.6. The van der Waals surface area contributed by atoms with Crippen molar-refractivity contribution in [3.8, 4) is 0 Å². The van der Waals surface area contributed by atoms with E-state index in [2.05, 4.69) is 53.2 Å². The van der Waals surface area contributed by atoms with Crippen molar-refractivity contribution in [3.63, 3.8) is 0 Å². The maximum absolute atomic E-state index is 14.1. The largest absolute Gasteiger partial charge is 0.472 e. The Labute approximate surface area is 741 Å². The highest BCUT2D eigenvalue weighted by Gasteiger charge is 2.49. The van der Waals surface area contributed by atoms with Crippen molar-refractivity contribution < 1.29 is 165 Å². The van der Waals surface area contributed by atoms with Crippen molar-refractivity contribution in [1.29, 1.82) is 0 Å². The van der Waals surface area contributed by atoms with Gasteiger partial charge in [0.25, 0.3) is 0 Å². The van der Waals surface area contributed by atoms with Crippen LogP contribution in [0.1, 0.15) is 202 Å². The summed E-state index contributed by atoms with van der Waals surface area (Å²) >= 11 is 0. The van der Waals surface area contributed by atoms with Gasteiger partial charge in [-0.1, -0.05) is 38.5 Å². The SMILES string of the molecule is CC(=O)NC1C(OCCCCC(=O)NCCCNC(=O)CCOCC(COCCC(=O)NCCCNC(=O)CCCCOC2OC(CO)C(O)C(O)C2NC(C)=O)(COCCC(=O)NCCCNC(=O)CCCCOC2OC(CO)C(O)C(O)C2NC(C)=O)NC(=O)CCCCCCCCCCC(=O)N2C[C@H](O)C[C@H]2COP(=O)(O)OC(C)C)OC(CO)C(O)C1O. The van der Waals surface area contributed by atoms with E-state index in [9.17, 15) is 113 Å². The highest BCUT2D eigenvalue weighted by atomic mass is 31.2. The van der Waals surface area contributed by atoms with Crippen LogP contribution in [0.5, 0.6) is 0 Å². The quantitative estimate of drug-likeness (QED) is 0.0202. The Balaban J connectivity index is 1.32. The molecule has 4 rings (SSSR count). The number of nitrogens with zero attached hydrogens (tertiary/aromatic N) is 1. The number of ether oxygens (including phenoxy) is 9. The number of hydrogen-bond acceptors (Lipinski definition) is 33. The molecule has 4 fully saturated rings. The van der Waals surface area contributed by atoms with Gasteiger partial charge in [-0.25, -0.2) is 4.57 Å². The van der Waals surface area contributed by atoms with Crippen LogP contribution in [-0.2, 0) is 109 Å². The van der Waals surface area contributed by atoms with Crippen LogP contribution in [0.25, 0.3) is 0 Å². The van der Waals surface area contributed by atoms with Crippen LogP contribution in [0.15, 0.2) is 0 Å². The van der Waals surface area contributed by atoms with Crippen LogP contribution in [0, 0.1) is 0 Å². The van der Waals surface area contributed by atoms with E-state index in [1.54, 1.807) is 13.8 Å². The average molecular weight is 1850 g/mol. The second-order valence-electron chi connectivity index (χ2n) is 32.5. The van der Waals surface area contributed by atoms with Crippen LogP contribution >= 0.6 is 7.82 Å². The van der Waals surface area contributed by atoms with Crippen molar-refractivity contribution in [2.24, 2.45) is 0 Å². The lowest BCUT2D eigenvalue weighted by atomic mass is 9.97. The molecular weight excluding hydrogens is 1700 g/mol. The number of rotatable bonds is 68. The third-order valence-corrected chi connectivity index (χ3v) is 22.1. The number of aliphatic hydroxyl groups is 10. The van der Waals surface area contributed by atoms with E-state index in [0.717, 1.165) is 32.1 Å². The number of hydrogen-bond donors (Lipinski definition) is 21. The molecule has 0 saturated carbocycles. The Morgan fingerprint density at radius 1 is 0.402 bits per heavy atom. The highest BCUT2D eigenvalue weighted by Crippen LogP contribution is 2.45. The molecule has 4 saturated heterocycles. The summed E-state index contributed by atoms with van der Waals surface area (Å²) in [6.07, 6.45) is -7.44. The monoisotopic (exact) mass is 1850 g/mol. The van der Waals surface area contributed by atoms with E-state index in [4.69, 9.17) is 51.7 Å². The minimum Gasteiger partial charge on any atom is -0.394 e. The van der Waals surface area contributed by atoms with Gasteiger partial charge in [0.05, 0.1) is 84.3 Å². The van der Waals surface area contributed by atoms with Gasteiger partial charge >= 0.3 is 7.82 Å². The van der Waals surface area contributed by atoms with Gasteiger partial charge in [0.15, 0.2) is 18.9 Å². The molecule has 0 aromatic carbocycles. The van der Waals surface area contributed by atoms with Crippen molar-refractivity contribution in [2.75, 3.05) is 132 Å². The Morgan fingerprint density at radius 3 is 1.02 bits per heavy atom. The number of amides is 11. The number of carbonyl (C=O) groups is 11. The lowest BCUT2D eigenvalue weighted by Crippen LogP contribution is -2.64. The van der Waals surface area contributed by atoms with Crippen molar-refractivity contribution in [3.05, 3.63) is 0 Å². The number of β-amino-alcohol motifs (C(OH)–C–C–N with tert-alkyl or cyclic N) is 1. The summed E-state index contributed by atoms with van der Waals surface area (Å²) in [6.45, 7) is 5.00. The van der Waals surface area contributed by atoms with E-state index in [0.29, 0.717) is 77.0 Å². The number of nitrogens with one attached hydrogen (secondary N) is 10. The van der Waals surface area contributed by atoms with Gasteiger partial charge in [0, 0.05) is 138 Å². The summed E-state index contributed by atoms with van der Waals surface area (Å²) < 4.78 is 74.6. The summed E-state index contributed by atoms with van der Waals surface area (Å²) in [5.74, 6) is -4.07. The van der Waals surface area contributed by atoms with E-state index in [1.807, 2.05) is 0 Å². The zero-order valence-electron chi connectivity index (χ0n) is 74.1. The summed E-state index contributed by atoms with van der Waals surface area (Å²) in [5.41, 5.74) is -1.46. The highest BCUT2D eigenvalue weighted by molar-refractivity contribution is 7.47. The Hall–Kier alpha value is -6.48. The first-order valence-electron chi connectivity index (χ1n) is 44.4. The fourth-order valence-corrected chi connectivity index (χ4v) is 15.2. The predicted molar refractivity (Wildman–Crippen MR) is 449 cm³/mol. The number of unbranched alkanes of at least 4 members (excludes halogenated alkanes) is 10. The summed E-state index contributed by atoms with van der Waals surface area (Å²) in [7, 11) is -4.35. The number of carbonyl (C=O) groups excluding carboxylic acids is 11. The van der Waals surface area contributed by atoms with Gasteiger partial charge in [0.1, 0.15) is 78.6 Å². The molecule has 0 aliphatic carbocycles. The summed E-state index contributed by atoms with van der Waals surface area (Å²) in [5, 5.41) is 129. The maximum Gasteiger partial charge on any atom is 0.472 e. The number of aliphatic hydroxyl groups excluding tert-OH is 10. The zero-order valence-corrected chi connectivity index (χ0v) is 75.0. The molecule has 0 aromatic rings. The fourth-order valence-electron chi connectivity index (χ4n) is 14.2. The molecule has 127 heavy (non-hydrogen) atoms. The normalized spacial score (nSPS) is 25.1. The third-order valence-electron chi connectivity index (χ3n) is 21.0. The van der Waals surface area contributed by atoms with E-state index < -0.39 is 185 Å². The van der Waals surface area contributed by atoms with Gasteiger partial charge in [-0.2, -0.15) is 0 Å². The van der Waals surface area contributed by atoms with Crippen molar-refractivity contribution in [1.82, 2.24) is 58.1 Å². The first-order valence-corrected chi connectivity index (χ1v) is 45.9. The lowest BCUT2D eigenvalue weighted by molar-refractivity contribution is -0.270. The molecule has 21 N–H and O–H groups in total. The van der Waals surface area contributed by atoms with Crippen molar-refractivity contribution >= 4 is 72.8 Å². The zero-order chi connectivity index (χ0) is 93.7. The van der Waals surface area contributed by atoms with Crippen molar-refractivity contribution in [2.45, 2.75) is 317 Å². The predicted octanol–water partition coefficient (Wildman–Crippen LogP) is -4.27. The molecule has 45 nitrogen and oxygen atoms in total. The molecule has 0 bridgehead atoms. The first kappa shape index (κ1) is 113. The second-order valence-corrected chi connectivity index (χ2v) is 33.9. The molecule has 4 aliphatic heterocycles. The molecule has 16 unspecified atom stereocenters. The minimum atomic E-state index is -4.35. The average Bonchev–Trinajstić information content (AvgIpc) is 1.64. The maximum atomic E-state index is 14.1. The van der Waals surface area contributed by atoms with Crippen LogP contribution in [0.2, 0.25) is 0 Å². The van der Waals surface area contributed by atoms with Gasteiger partial charge in [-0.15, -0.1) is 0 Å². The Morgan fingerprint density at radius 2 is 0.701 bits per heavy atom. The number of phosphoric ester groups is 1. The molecule has 18 atom stereocenters. The lowest BCUT2D eigenvalue weighted by Gasteiger charge is -2.42. The molecule has 734 valence electrons. The van der Waals surface area contributed by atoms with Crippen LogP contribution in [0.3, 0.4) is 0 Å². The van der Waals surface area contributed by atoms with Crippen LogP contribution < -0.4 is 53.2 Å². The molecule has 46 heteroatoms. The summed E-state index contributed by atoms with van der Waals surface area (Å²) in [4.78, 5) is 152. The molecular formula is C81H146N11O34P. The Bertz CT molecular complexity index is 3030. The molecule has 4 heterocycles. The van der Waals surface area contributed by atoms with E-state index in [1.165, 1.54) is 25.7 Å². The van der Waals surface area contributed by atoms with Gasteiger partial charge in [0.2, 0.25) is 65.0 Å². The van der Waals surface area contributed by atoms with E-state index in [-0.39, 0.29) is 193 Å². The summed E-state index contributed by atoms with van der Waals surface area (Å²) in [6, 6.07) is -3.91. The Kier molecular flexibility index (Phi) is 56.5. The number of phosphoric acid groups is 1. The minimum absolute atomic E-state index is 0.0645. The van der Waals surface area contributed by atoms with Gasteiger partial charge in [-0.05, 0) is 90.9 Å². The standard InChI is InChI=1S/C81H146N11O34P/c1-52(2)126-127(114,115)122-48-56-43-57(99)44-92(56)68(107)27-13-11-9-7-6-8-10-12-26-67(106)91-81(49-116-40-28-64(103)85-34-20-31-82-61(100)23-14-17-37-119-78-69(88-53(3)96)75(111)72(108)58(45-93)123-78,50-117-41-29-65(104)86-35-21-32-83-62(101)24-15-18-38-120-79-70(89-54(4)97)76(112)73(109)59(46-94)124-79)51-118-42-30-66(105)87-36-22-33-84-63(102)25-16-19-39-121-80-71(90-55(5)98)77(113)74(110)60(47-95)125-80/h52,56-60,69-80,93-95,99,108-113H,6-51H2,1-5H3,(H,82,100)(H,83,101)(H,84,102)(H,85,103)(H,86,104)(H,87,105)(H,88,96)(H,89,97)(H,90,98)(H,91,106)(H,114,115)/t56-,57+,58?,59?,60?,69?,70?,71?,72?,73?,74?,75?,76?,77?,78?,79?,80?,81?/m0/s1. The van der Waals surface area contributed by atoms with Crippen LogP contribution in [0.4, 0.5) is 0 Å². The fraction of sp³-hybridized carbons (Fsp3) is 0.864. The molecule has 0 spiro atoms. The molecule has 0 aromatic heterocycles. The third kappa shape index (κ3) is 46.4. The molecule has 0 radical (unpaired) electrons. The topological polar surface area (TPSA) is 652 Å². The van der Waals surface area contributed by atoms with E-state index >= 15 is 0 Å². The molecule has 11 amide bonds. The van der Waals surface area contributed by atoms with Gasteiger partial charge in [-0.3, -0.25) is 61.8 Å². The number of likely N-dealkylation sites (tertiary alicyclic amines) is 1. The first-order chi connectivity index (χ1) is 60.6. The van der Waals surface area contributed by atoms with Gasteiger partial charge < -0.3 is 157 Å². The van der Waals surface area contributed by atoms with Crippen LogP contribution in [-0.4, -0.2) is 373 Å². The molecule has 4 aliphatic rings. The smallest absolute Gasteiger partial charge is 0.394 e.